The second-order valence-corrected chi connectivity index (χ2v) is 4.61. The molecule has 0 aromatic carbocycles. The first kappa shape index (κ1) is 11.1. The number of carboxylic acid groups (broad SMARTS) is 1. The third-order valence-corrected chi connectivity index (χ3v) is 2.92. The molecule has 1 saturated carbocycles. The number of nitrogens with zero attached hydrogens (tertiary/aromatic N) is 2. The first-order valence-corrected chi connectivity index (χ1v) is 5.58. The van der Waals surface area contributed by atoms with Crippen LogP contribution in [0.3, 0.4) is 0 Å². The number of aromatic nitrogens is 2. The van der Waals surface area contributed by atoms with E-state index in [1.165, 1.54) is 0 Å². The van der Waals surface area contributed by atoms with E-state index in [1.54, 1.807) is 6.20 Å². The fourth-order valence-corrected chi connectivity index (χ4v) is 1.95. The van der Waals surface area contributed by atoms with Gasteiger partial charge in [-0.1, -0.05) is 0 Å². The van der Waals surface area contributed by atoms with E-state index in [0.717, 1.165) is 18.5 Å². The first-order chi connectivity index (χ1) is 7.52. The molecule has 1 aliphatic carbocycles. The second-order valence-electron chi connectivity index (χ2n) is 4.61. The fraction of sp³-hybridized carbons (Fsp3) is 0.636. The van der Waals surface area contributed by atoms with Crippen molar-refractivity contribution in [3.63, 3.8) is 0 Å². The van der Waals surface area contributed by atoms with Crippen molar-refractivity contribution >= 4 is 5.97 Å². The topological polar surface area (TPSA) is 81.1 Å². The lowest BCUT2D eigenvalue weighted by molar-refractivity contribution is -0.138. The molecule has 0 saturated heterocycles. The lowest BCUT2D eigenvalue weighted by Crippen LogP contribution is -2.22. The van der Waals surface area contributed by atoms with Gasteiger partial charge in [0.2, 0.25) is 0 Å². The maximum Gasteiger partial charge on any atom is 0.325 e. The van der Waals surface area contributed by atoms with Gasteiger partial charge in [0.25, 0.3) is 0 Å². The second kappa shape index (κ2) is 3.90. The third kappa shape index (κ3) is 1.82. The summed E-state index contributed by atoms with van der Waals surface area (Å²) in [5.74, 6) is -0.546. The Kier molecular flexibility index (Phi) is 2.71. The van der Waals surface area contributed by atoms with Crippen LogP contribution in [0.25, 0.3) is 0 Å². The van der Waals surface area contributed by atoms with Gasteiger partial charge in [-0.05, 0) is 26.7 Å². The van der Waals surface area contributed by atoms with Crippen LogP contribution in [0, 0.1) is 0 Å². The van der Waals surface area contributed by atoms with Gasteiger partial charge in [-0.15, -0.1) is 0 Å². The smallest absolute Gasteiger partial charge is 0.325 e. The average Bonchev–Trinajstić information content (AvgIpc) is 2.95. The molecular weight excluding hydrogens is 206 g/mol. The van der Waals surface area contributed by atoms with E-state index in [9.17, 15) is 4.79 Å². The molecule has 2 rings (SSSR count). The van der Waals surface area contributed by atoms with E-state index in [1.807, 2.05) is 18.5 Å². The number of hydrogen-bond donors (Lipinski definition) is 2. The minimum Gasteiger partial charge on any atom is -0.480 e. The summed E-state index contributed by atoms with van der Waals surface area (Å²) in [7, 11) is 0. The number of rotatable bonds is 4. The number of carbonyl (C=O) groups is 1. The van der Waals surface area contributed by atoms with Gasteiger partial charge < -0.3 is 10.8 Å². The highest BCUT2D eigenvalue weighted by Crippen LogP contribution is 2.43. The van der Waals surface area contributed by atoms with Crippen molar-refractivity contribution in [3.8, 4) is 0 Å². The highest BCUT2D eigenvalue weighted by Gasteiger charge is 2.33. The molecule has 5 heteroatoms. The van der Waals surface area contributed by atoms with E-state index >= 15 is 0 Å². The van der Waals surface area contributed by atoms with Crippen LogP contribution in [0.2, 0.25) is 0 Å². The Labute approximate surface area is 94.2 Å². The molecule has 1 atom stereocenters. The molecular formula is C11H17N3O2. The van der Waals surface area contributed by atoms with Gasteiger partial charge in [-0.25, -0.2) is 0 Å². The molecule has 0 radical (unpaired) electrons. The molecule has 1 unspecified atom stereocenters. The summed E-state index contributed by atoms with van der Waals surface area (Å²) in [5.41, 5.74) is 7.35. The van der Waals surface area contributed by atoms with Gasteiger partial charge in [-0.3, -0.25) is 9.48 Å². The fourth-order valence-electron chi connectivity index (χ4n) is 1.95. The largest absolute Gasteiger partial charge is 0.480 e. The molecule has 16 heavy (non-hydrogen) atoms. The Morgan fingerprint density at radius 1 is 1.62 bits per heavy atom. The van der Waals surface area contributed by atoms with Crippen LogP contribution in [-0.2, 0) is 4.79 Å². The summed E-state index contributed by atoms with van der Waals surface area (Å²) in [5, 5.41) is 13.2. The summed E-state index contributed by atoms with van der Waals surface area (Å²) < 4.78 is 1.90. The Morgan fingerprint density at radius 2 is 2.25 bits per heavy atom. The maximum absolute atomic E-state index is 10.9. The normalized spacial score (nSPS) is 17.8. The molecule has 1 aromatic rings. The summed E-state index contributed by atoms with van der Waals surface area (Å²) in [6.45, 7) is 4.07. The Hall–Kier alpha value is -1.36. The highest BCUT2D eigenvalue weighted by molar-refractivity contribution is 5.75. The lowest BCUT2D eigenvalue weighted by Gasteiger charge is -2.13. The van der Waals surface area contributed by atoms with E-state index in [2.05, 4.69) is 5.10 Å². The van der Waals surface area contributed by atoms with Crippen molar-refractivity contribution in [2.75, 3.05) is 0 Å². The predicted molar refractivity (Wildman–Crippen MR) is 59.2 cm³/mol. The minimum atomic E-state index is -0.995. The molecule has 0 aliphatic heterocycles. The zero-order valence-corrected chi connectivity index (χ0v) is 9.55. The van der Waals surface area contributed by atoms with Gasteiger partial charge >= 0.3 is 5.97 Å². The predicted octanol–water partition coefficient (Wildman–Crippen LogP) is 1.43. The van der Waals surface area contributed by atoms with Gasteiger partial charge in [0.1, 0.15) is 6.04 Å². The van der Waals surface area contributed by atoms with E-state index < -0.39 is 12.0 Å². The van der Waals surface area contributed by atoms with E-state index in [-0.39, 0.29) is 6.04 Å². The van der Waals surface area contributed by atoms with Crippen LogP contribution in [0.5, 0.6) is 0 Å². The van der Waals surface area contributed by atoms with Crippen molar-refractivity contribution in [1.29, 1.82) is 0 Å². The summed E-state index contributed by atoms with van der Waals surface area (Å²) >= 11 is 0. The van der Waals surface area contributed by atoms with Crippen LogP contribution in [-0.4, -0.2) is 20.9 Å². The standard InChI is InChI=1S/C11H17N3O2/c1-6(2)14-10(7-3-4-7)8(5-13-14)9(12)11(15)16/h5-7,9H,3-4,12H2,1-2H3,(H,15,16). The molecule has 5 nitrogen and oxygen atoms in total. The zero-order chi connectivity index (χ0) is 11.9. The Morgan fingerprint density at radius 3 is 2.69 bits per heavy atom. The number of hydrogen-bond acceptors (Lipinski definition) is 3. The van der Waals surface area contributed by atoms with E-state index in [4.69, 9.17) is 10.8 Å². The monoisotopic (exact) mass is 223 g/mol. The SMILES string of the molecule is CC(C)n1ncc(C(N)C(=O)O)c1C1CC1. The molecule has 1 aromatic heterocycles. The van der Waals surface area contributed by atoms with Crippen LogP contribution in [0.4, 0.5) is 0 Å². The Bertz CT molecular complexity index is 407. The molecule has 0 amide bonds. The molecule has 0 bridgehead atoms. The van der Waals surface area contributed by atoms with Crippen LogP contribution in [0.1, 0.15) is 55.9 Å². The van der Waals surface area contributed by atoms with Crippen LogP contribution < -0.4 is 5.73 Å². The van der Waals surface area contributed by atoms with Gasteiger partial charge in [0.15, 0.2) is 0 Å². The minimum absolute atomic E-state index is 0.241. The maximum atomic E-state index is 10.9. The molecule has 1 aliphatic rings. The molecule has 0 spiro atoms. The average molecular weight is 223 g/mol. The van der Waals surface area contributed by atoms with Crippen LogP contribution >= 0.6 is 0 Å². The molecule has 88 valence electrons. The Balaban J connectivity index is 2.41. The summed E-state index contributed by atoms with van der Waals surface area (Å²) in [6.07, 6.45) is 3.82. The number of nitrogens with two attached hydrogens (primary N) is 1. The van der Waals surface area contributed by atoms with Crippen molar-refractivity contribution in [2.24, 2.45) is 5.73 Å². The van der Waals surface area contributed by atoms with Crippen molar-refractivity contribution < 1.29 is 9.90 Å². The van der Waals surface area contributed by atoms with Gasteiger partial charge in [0, 0.05) is 23.2 Å². The number of aliphatic carboxylic acids is 1. The van der Waals surface area contributed by atoms with Crippen molar-refractivity contribution in [3.05, 3.63) is 17.5 Å². The van der Waals surface area contributed by atoms with Crippen molar-refractivity contribution in [2.45, 2.75) is 44.7 Å². The molecule has 3 N–H and O–H groups in total. The number of carboxylic acids is 1. The van der Waals surface area contributed by atoms with Gasteiger partial charge in [0.05, 0.1) is 6.20 Å². The van der Waals surface area contributed by atoms with Crippen molar-refractivity contribution in [1.82, 2.24) is 9.78 Å². The summed E-state index contributed by atoms with van der Waals surface area (Å²) in [4.78, 5) is 10.9. The third-order valence-electron chi connectivity index (χ3n) is 2.92. The quantitative estimate of drug-likeness (QED) is 0.809. The zero-order valence-electron chi connectivity index (χ0n) is 9.55. The van der Waals surface area contributed by atoms with Crippen LogP contribution in [0.15, 0.2) is 6.20 Å². The highest BCUT2D eigenvalue weighted by atomic mass is 16.4. The lowest BCUT2D eigenvalue weighted by atomic mass is 10.1. The summed E-state index contributed by atoms with van der Waals surface area (Å²) in [6, 6.07) is -0.714. The first-order valence-electron chi connectivity index (χ1n) is 5.58. The van der Waals surface area contributed by atoms with E-state index in [0.29, 0.717) is 11.5 Å². The van der Waals surface area contributed by atoms with Gasteiger partial charge in [-0.2, -0.15) is 5.10 Å². The molecule has 1 fully saturated rings. The molecule has 1 heterocycles.